The number of ether oxygens (including phenoxy) is 1. The van der Waals surface area contributed by atoms with Crippen molar-refractivity contribution < 1.29 is 54.6 Å². The second kappa shape index (κ2) is 10.6. The van der Waals surface area contributed by atoms with Crippen LogP contribution in [0.3, 0.4) is 0 Å². The summed E-state index contributed by atoms with van der Waals surface area (Å²) in [6.45, 7) is 1.68. The Kier molecular flexibility index (Phi) is 10.7. The molecule has 128 valence electrons. The third-order valence-corrected chi connectivity index (χ3v) is 2.04. The van der Waals surface area contributed by atoms with Gasteiger partial charge in [0.25, 0.3) is 0 Å². The second-order valence-electron chi connectivity index (χ2n) is 3.96. The molecule has 0 saturated carbocycles. The maximum atomic E-state index is 10.7. The molecule has 0 aromatic carbocycles. The van der Waals surface area contributed by atoms with E-state index in [1.807, 2.05) is 0 Å². The number of carboxylic acids is 2. The van der Waals surface area contributed by atoms with Crippen LogP contribution in [-0.2, 0) is 23.9 Å². The lowest BCUT2D eigenvalue weighted by atomic mass is 10.1. The summed E-state index contributed by atoms with van der Waals surface area (Å²) in [5.41, 5.74) is 0. The normalized spacial score (nSPS) is 15.4. The van der Waals surface area contributed by atoms with Gasteiger partial charge in [0.15, 0.2) is 24.1 Å². The van der Waals surface area contributed by atoms with E-state index >= 15 is 0 Å². The molecule has 11 heteroatoms. The number of rotatable bonds is 7. The zero-order chi connectivity index (χ0) is 18.0. The Hall–Kier alpha value is -2.08. The van der Waals surface area contributed by atoms with Gasteiger partial charge in [0.2, 0.25) is 0 Å². The zero-order valence-electron chi connectivity index (χ0n) is 11.7. The summed E-state index contributed by atoms with van der Waals surface area (Å²) in [5.74, 6) is -4.70. The fraction of sp³-hybridized carbons (Fsp3) is 0.636. The average Bonchev–Trinajstić information content (AvgIpc) is 2.42. The molecule has 11 nitrogen and oxygen atoms in total. The Balaban J connectivity index is 0. The molecule has 0 spiro atoms. The fourth-order valence-corrected chi connectivity index (χ4v) is 0.977. The minimum absolute atomic E-state index is 0.494. The third-order valence-electron chi connectivity index (χ3n) is 2.04. The first kappa shape index (κ1) is 22.2. The summed E-state index contributed by atoms with van der Waals surface area (Å²) >= 11 is 0. The Morgan fingerprint density at radius 2 is 1.27 bits per heavy atom. The molecule has 0 heterocycles. The number of carbonyl (C=O) groups excluding carboxylic acids is 2. The first-order valence-corrected chi connectivity index (χ1v) is 5.74. The van der Waals surface area contributed by atoms with Crippen LogP contribution in [0.25, 0.3) is 0 Å². The van der Waals surface area contributed by atoms with Crippen LogP contribution >= 0.6 is 0 Å². The molecule has 0 fully saturated rings. The molecule has 0 radical (unpaired) electrons. The molecule has 0 saturated heterocycles. The largest absolute Gasteiger partial charge is 0.479 e. The molecule has 0 rings (SSSR count). The summed E-state index contributed by atoms with van der Waals surface area (Å²) in [7, 11) is 0. The Morgan fingerprint density at radius 1 is 0.909 bits per heavy atom. The Labute approximate surface area is 124 Å². The van der Waals surface area contributed by atoms with Gasteiger partial charge in [-0.25, -0.2) is 9.59 Å². The summed E-state index contributed by atoms with van der Waals surface area (Å²) in [6, 6.07) is 0. The predicted molar refractivity (Wildman–Crippen MR) is 66.6 cm³/mol. The summed E-state index contributed by atoms with van der Waals surface area (Å²) in [5, 5.41) is 50.0. The van der Waals surface area contributed by atoms with Crippen LogP contribution in [-0.4, -0.2) is 85.4 Å². The highest BCUT2D eigenvalue weighted by molar-refractivity contribution is 5.83. The van der Waals surface area contributed by atoms with Crippen molar-refractivity contribution in [2.75, 3.05) is 6.61 Å². The van der Waals surface area contributed by atoms with Crippen molar-refractivity contribution in [2.24, 2.45) is 0 Å². The van der Waals surface area contributed by atoms with Crippen molar-refractivity contribution in [2.45, 2.75) is 38.3 Å². The smallest absolute Gasteiger partial charge is 0.335 e. The molecular weight excluding hydrogens is 308 g/mol. The number of aliphatic carboxylic acids is 2. The highest BCUT2D eigenvalue weighted by Crippen LogP contribution is 2.01. The molecule has 4 atom stereocenters. The lowest BCUT2D eigenvalue weighted by Crippen LogP contribution is -2.39. The van der Waals surface area contributed by atoms with Crippen LogP contribution in [0.5, 0.6) is 0 Å². The van der Waals surface area contributed by atoms with Crippen molar-refractivity contribution >= 4 is 23.7 Å². The van der Waals surface area contributed by atoms with Gasteiger partial charge in [-0.1, -0.05) is 0 Å². The molecule has 0 bridgehead atoms. The number of hydrogen-bond acceptors (Lipinski definition) is 9. The first-order chi connectivity index (χ1) is 9.95. The van der Waals surface area contributed by atoms with E-state index in [4.69, 9.17) is 30.6 Å². The van der Waals surface area contributed by atoms with Gasteiger partial charge in [-0.3, -0.25) is 9.59 Å². The maximum Gasteiger partial charge on any atom is 0.335 e. The van der Waals surface area contributed by atoms with E-state index < -0.39 is 54.7 Å². The average molecular weight is 326 g/mol. The summed E-state index contributed by atoms with van der Waals surface area (Å²) < 4.78 is 4.47. The molecule has 22 heavy (non-hydrogen) atoms. The van der Waals surface area contributed by atoms with E-state index in [9.17, 15) is 19.2 Å². The quantitative estimate of drug-likeness (QED) is 0.256. The molecule has 0 aliphatic carbocycles. The molecule has 0 aliphatic rings. The number of Topliss-reactive ketones (excluding diaryl/α,β-unsaturated/α-hetero) is 1. The van der Waals surface area contributed by atoms with Crippen molar-refractivity contribution in [3.05, 3.63) is 0 Å². The lowest BCUT2D eigenvalue weighted by Gasteiger charge is -2.17. The zero-order valence-corrected chi connectivity index (χ0v) is 11.7. The van der Waals surface area contributed by atoms with Crippen LogP contribution in [0.2, 0.25) is 0 Å². The van der Waals surface area contributed by atoms with Gasteiger partial charge < -0.3 is 35.4 Å². The van der Waals surface area contributed by atoms with Crippen molar-refractivity contribution in [1.29, 1.82) is 0 Å². The minimum Gasteiger partial charge on any atom is -0.479 e. The van der Waals surface area contributed by atoms with Gasteiger partial charge in [0.1, 0.15) is 6.10 Å². The number of aliphatic hydroxyl groups is 4. The van der Waals surface area contributed by atoms with Crippen molar-refractivity contribution in [3.8, 4) is 0 Å². The van der Waals surface area contributed by atoms with Crippen LogP contribution in [0.1, 0.15) is 13.8 Å². The topological polar surface area (TPSA) is 199 Å². The molecule has 6 N–H and O–H groups in total. The maximum absolute atomic E-state index is 10.7. The highest BCUT2D eigenvalue weighted by Gasteiger charge is 2.29. The van der Waals surface area contributed by atoms with E-state index in [1.165, 1.54) is 6.92 Å². The van der Waals surface area contributed by atoms with Gasteiger partial charge in [-0.2, -0.15) is 0 Å². The number of carbonyl (C=O) groups is 4. The predicted octanol–water partition coefficient (Wildman–Crippen LogP) is -3.26. The van der Waals surface area contributed by atoms with E-state index in [0.29, 0.717) is 0 Å². The first-order valence-electron chi connectivity index (χ1n) is 5.74. The van der Waals surface area contributed by atoms with Crippen molar-refractivity contribution in [3.63, 3.8) is 0 Å². The van der Waals surface area contributed by atoms with Gasteiger partial charge in [0, 0.05) is 6.92 Å². The van der Waals surface area contributed by atoms with E-state index in [0.717, 1.165) is 6.92 Å². The van der Waals surface area contributed by atoms with Crippen LogP contribution in [0.4, 0.5) is 0 Å². The molecule has 0 aliphatic heterocycles. The van der Waals surface area contributed by atoms with Crippen LogP contribution in [0.15, 0.2) is 0 Å². The Morgan fingerprint density at radius 3 is 1.45 bits per heavy atom. The molecule has 0 aromatic heterocycles. The number of ketones is 1. The van der Waals surface area contributed by atoms with Crippen LogP contribution in [0, 0.1) is 0 Å². The molecule has 0 amide bonds. The number of carboxylic acid groups (broad SMARTS) is 2. The van der Waals surface area contributed by atoms with Crippen LogP contribution < -0.4 is 0 Å². The lowest BCUT2D eigenvalue weighted by molar-refractivity contribution is -0.165. The molecule has 0 aromatic rings. The molecular formula is C11H18O11. The number of hydrogen-bond donors (Lipinski definition) is 6. The standard InChI is InChI=1S/C7H12O5.C4H6O6/c1-4(9)7(6(11)3-8)12-5(2)10;5-1(3(7)8)2(6)4(9)10/h6-8,11H,3H2,1-2H3;1-2,5-6H,(H,7,8)(H,9,10). The van der Waals surface area contributed by atoms with Gasteiger partial charge in [-0.05, 0) is 6.92 Å². The van der Waals surface area contributed by atoms with Gasteiger partial charge >= 0.3 is 17.9 Å². The van der Waals surface area contributed by atoms with Gasteiger partial charge in [0.05, 0.1) is 6.61 Å². The number of aliphatic hydroxyl groups excluding tert-OH is 4. The fourth-order valence-electron chi connectivity index (χ4n) is 0.977. The van der Waals surface area contributed by atoms with Gasteiger partial charge in [-0.15, -0.1) is 0 Å². The minimum atomic E-state index is -2.27. The summed E-state index contributed by atoms with van der Waals surface area (Å²) in [4.78, 5) is 40.7. The number of esters is 1. The molecule has 4 unspecified atom stereocenters. The highest BCUT2D eigenvalue weighted by atomic mass is 16.6. The third kappa shape index (κ3) is 8.97. The summed E-state index contributed by atoms with van der Waals surface area (Å²) in [6.07, 6.45) is -7.13. The second-order valence-corrected chi connectivity index (χ2v) is 3.96. The van der Waals surface area contributed by atoms with E-state index in [2.05, 4.69) is 4.74 Å². The monoisotopic (exact) mass is 326 g/mol. The Bertz CT molecular complexity index is 387. The SMILES string of the molecule is CC(=O)OC(C(C)=O)C(O)CO.O=C(O)C(O)C(O)C(=O)O. The van der Waals surface area contributed by atoms with Crippen molar-refractivity contribution in [1.82, 2.24) is 0 Å². The van der Waals surface area contributed by atoms with E-state index in [-0.39, 0.29) is 0 Å². The van der Waals surface area contributed by atoms with E-state index in [1.54, 1.807) is 0 Å².